The molecule has 0 radical (unpaired) electrons. The summed E-state index contributed by atoms with van der Waals surface area (Å²) in [5.41, 5.74) is 2.27. The second kappa shape index (κ2) is 4.33. The lowest BCUT2D eigenvalue weighted by Gasteiger charge is -2.00. The summed E-state index contributed by atoms with van der Waals surface area (Å²) in [4.78, 5) is 4.33. The normalized spacial score (nSPS) is 11.3. The summed E-state index contributed by atoms with van der Waals surface area (Å²) in [5, 5.41) is 17.6. The van der Waals surface area contributed by atoms with E-state index in [1.807, 2.05) is 36.4 Å². The quantitative estimate of drug-likeness (QED) is 0.673. The first kappa shape index (κ1) is 10.5. The number of benzene rings is 2. The predicted octanol–water partition coefficient (Wildman–Crippen LogP) is 3.02. The van der Waals surface area contributed by atoms with E-state index in [0.717, 1.165) is 16.6 Å². The first-order valence-electron chi connectivity index (χ1n) is 5.59. The molecule has 4 heteroatoms. The van der Waals surface area contributed by atoms with E-state index in [1.54, 1.807) is 18.5 Å². The molecule has 0 aliphatic rings. The van der Waals surface area contributed by atoms with Gasteiger partial charge in [-0.05, 0) is 24.3 Å². The fraction of sp³-hybridized carbons (Fsp3) is 0. The lowest BCUT2D eigenvalue weighted by atomic mass is 10.1. The van der Waals surface area contributed by atoms with Gasteiger partial charge in [-0.1, -0.05) is 18.2 Å². The maximum Gasteiger partial charge on any atom is 0.126 e. The van der Waals surface area contributed by atoms with Crippen LogP contribution in [0.3, 0.4) is 0 Å². The number of hydrogen-bond donors (Lipinski definition) is 2. The molecule has 0 bridgehead atoms. The smallest absolute Gasteiger partial charge is 0.126 e. The summed E-state index contributed by atoms with van der Waals surface area (Å²) in [6.07, 6.45) is 3.36. The number of nitrogens with zero attached hydrogens (tertiary/aromatic N) is 2. The fourth-order valence-corrected chi connectivity index (χ4v) is 1.81. The molecule has 0 amide bonds. The Morgan fingerprint density at radius 1 is 1.11 bits per heavy atom. The van der Waals surface area contributed by atoms with Gasteiger partial charge in [-0.3, -0.25) is 10.1 Å². The van der Waals surface area contributed by atoms with Gasteiger partial charge in [-0.25, -0.2) is 0 Å². The van der Waals surface area contributed by atoms with Crippen molar-refractivity contribution < 1.29 is 5.11 Å². The molecule has 18 heavy (non-hydrogen) atoms. The van der Waals surface area contributed by atoms with Gasteiger partial charge in [-0.2, -0.15) is 5.10 Å². The zero-order valence-electron chi connectivity index (χ0n) is 9.54. The molecule has 2 aromatic carbocycles. The minimum absolute atomic E-state index is 0.187. The number of aromatic nitrogens is 2. The van der Waals surface area contributed by atoms with Crippen LogP contribution in [0, 0.1) is 0 Å². The maximum absolute atomic E-state index is 9.87. The average molecular weight is 237 g/mol. The Kier molecular flexibility index (Phi) is 2.53. The van der Waals surface area contributed by atoms with E-state index in [0.29, 0.717) is 5.56 Å². The van der Waals surface area contributed by atoms with Crippen LogP contribution < -0.4 is 0 Å². The van der Waals surface area contributed by atoms with E-state index in [2.05, 4.69) is 15.2 Å². The highest BCUT2D eigenvalue weighted by Gasteiger charge is 2.06. The van der Waals surface area contributed by atoms with Gasteiger partial charge in [-0.15, -0.1) is 0 Å². The van der Waals surface area contributed by atoms with E-state index in [4.69, 9.17) is 0 Å². The van der Waals surface area contributed by atoms with Crippen LogP contribution in [0.25, 0.3) is 10.9 Å². The summed E-state index contributed by atoms with van der Waals surface area (Å²) >= 11 is 0. The van der Waals surface area contributed by atoms with E-state index in [1.165, 1.54) is 0 Å². The third-order valence-electron chi connectivity index (χ3n) is 2.73. The Bertz CT molecular complexity index is 701. The van der Waals surface area contributed by atoms with Gasteiger partial charge >= 0.3 is 0 Å². The highest BCUT2D eigenvalue weighted by atomic mass is 16.3. The molecule has 0 spiro atoms. The summed E-state index contributed by atoms with van der Waals surface area (Å²) in [7, 11) is 0. The minimum atomic E-state index is 0.187. The number of para-hydroxylation sites is 1. The molecule has 0 aliphatic heterocycles. The third kappa shape index (κ3) is 1.84. The van der Waals surface area contributed by atoms with Crippen LogP contribution in [-0.2, 0) is 0 Å². The van der Waals surface area contributed by atoms with Crippen molar-refractivity contribution in [2.45, 2.75) is 0 Å². The molecule has 0 saturated carbocycles. The molecule has 0 fully saturated rings. The number of phenolic OH excluding ortho intramolecular Hbond substituents is 1. The van der Waals surface area contributed by atoms with Gasteiger partial charge in [0.2, 0.25) is 0 Å². The van der Waals surface area contributed by atoms with Crippen molar-refractivity contribution in [1.82, 2.24) is 10.2 Å². The molecule has 3 rings (SSSR count). The van der Waals surface area contributed by atoms with Crippen LogP contribution in [0.4, 0.5) is 5.69 Å². The Labute approximate surface area is 104 Å². The number of nitrogens with one attached hydrogen (secondary N) is 1. The van der Waals surface area contributed by atoms with Crippen molar-refractivity contribution in [2.75, 3.05) is 0 Å². The highest BCUT2D eigenvalue weighted by molar-refractivity contribution is 6.00. The second-order valence-corrected chi connectivity index (χ2v) is 3.93. The molecule has 0 unspecified atom stereocenters. The summed E-state index contributed by atoms with van der Waals surface area (Å²) in [6, 6.07) is 13.0. The lowest BCUT2D eigenvalue weighted by molar-refractivity contribution is 0.475. The average Bonchev–Trinajstić information content (AvgIpc) is 2.87. The van der Waals surface area contributed by atoms with E-state index in [-0.39, 0.29) is 5.75 Å². The SMILES string of the molecule is Oc1ccc2cn[nH]c2c1/C=N/c1ccccc1. The Morgan fingerprint density at radius 3 is 2.78 bits per heavy atom. The molecule has 0 atom stereocenters. The summed E-state index contributed by atoms with van der Waals surface area (Å²) < 4.78 is 0. The van der Waals surface area contributed by atoms with Gasteiger partial charge in [0, 0.05) is 11.6 Å². The third-order valence-corrected chi connectivity index (χ3v) is 2.73. The first-order chi connectivity index (χ1) is 8.84. The van der Waals surface area contributed by atoms with Crippen LogP contribution in [-0.4, -0.2) is 21.5 Å². The number of aliphatic imine (C=N–C) groups is 1. The number of rotatable bonds is 2. The van der Waals surface area contributed by atoms with Gasteiger partial charge in [0.1, 0.15) is 5.75 Å². The van der Waals surface area contributed by atoms with Crippen molar-refractivity contribution in [3.8, 4) is 5.75 Å². The van der Waals surface area contributed by atoms with E-state index in [9.17, 15) is 5.11 Å². The Balaban J connectivity index is 2.07. The molecular formula is C14H11N3O. The Morgan fingerprint density at radius 2 is 1.94 bits per heavy atom. The van der Waals surface area contributed by atoms with Gasteiger partial charge in [0.05, 0.1) is 23.0 Å². The van der Waals surface area contributed by atoms with Crippen LogP contribution in [0.15, 0.2) is 53.7 Å². The molecule has 1 aromatic heterocycles. The predicted molar refractivity (Wildman–Crippen MR) is 71.5 cm³/mol. The molecule has 1 heterocycles. The number of phenols is 1. The van der Waals surface area contributed by atoms with Crippen LogP contribution in [0.2, 0.25) is 0 Å². The van der Waals surface area contributed by atoms with Crippen molar-refractivity contribution in [3.05, 3.63) is 54.2 Å². The van der Waals surface area contributed by atoms with Crippen LogP contribution in [0.1, 0.15) is 5.56 Å². The van der Waals surface area contributed by atoms with Crippen molar-refractivity contribution in [3.63, 3.8) is 0 Å². The minimum Gasteiger partial charge on any atom is -0.507 e. The summed E-state index contributed by atoms with van der Waals surface area (Å²) in [5.74, 6) is 0.187. The number of H-pyrrole nitrogens is 1. The standard InChI is InChI=1S/C14H11N3O/c18-13-7-6-10-8-16-17-14(10)12(13)9-15-11-4-2-1-3-5-11/h1-9,18H,(H,16,17)/b15-9+. The largest absolute Gasteiger partial charge is 0.507 e. The highest BCUT2D eigenvalue weighted by Crippen LogP contribution is 2.24. The van der Waals surface area contributed by atoms with Gasteiger partial charge in [0.15, 0.2) is 0 Å². The van der Waals surface area contributed by atoms with Gasteiger partial charge < -0.3 is 5.11 Å². The lowest BCUT2D eigenvalue weighted by Crippen LogP contribution is -1.85. The maximum atomic E-state index is 9.87. The van der Waals surface area contributed by atoms with Crippen LogP contribution >= 0.6 is 0 Å². The fourth-order valence-electron chi connectivity index (χ4n) is 1.81. The molecule has 2 N–H and O–H groups in total. The monoisotopic (exact) mass is 237 g/mol. The zero-order chi connectivity index (χ0) is 12.4. The number of aromatic hydroxyl groups is 1. The van der Waals surface area contributed by atoms with Gasteiger partial charge in [0.25, 0.3) is 0 Å². The van der Waals surface area contributed by atoms with Crippen molar-refractivity contribution in [2.24, 2.45) is 4.99 Å². The summed E-state index contributed by atoms with van der Waals surface area (Å²) in [6.45, 7) is 0. The molecule has 88 valence electrons. The number of aromatic amines is 1. The molecule has 3 aromatic rings. The van der Waals surface area contributed by atoms with Crippen molar-refractivity contribution in [1.29, 1.82) is 0 Å². The zero-order valence-corrected chi connectivity index (χ0v) is 9.54. The molecule has 4 nitrogen and oxygen atoms in total. The van der Waals surface area contributed by atoms with E-state index >= 15 is 0 Å². The first-order valence-corrected chi connectivity index (χ1v) is 5.59. The van der Waals surface area contributed by atoms with Crippen LogP contribution in [0.5, 0.6) is 5.75 Å². The van der Waals surface area contributed by atoms with Crippen molar-refractivity contribution >= 4 is 22.8 Å². The number of hydrogen-bond acceptors (Lipinski definition) is 3. The number of fused-ring (bicyclic) bond motifs is 1. The molecule has 0 saturated heterocycles. The second-order valence-electron chi connectivity index (χ2n) is 3.93. The molecular weight excluding hydrogens is 226 g/mol. The van der Waals surface area contributed by atoms with E-state index < -0.39 is 0 Å². The Hall–Kier alpha value is -2.62. The topological polar surface area (TPSA) is 61.3 Å². The molecule has 0 aliphatic carbocycles.